The van der Waals surface area contributed by atoms with Gasteiger partial charge in [-0.3, -0.25) is 43.2 Å². The molecule has 7 amide bonds. The molecule has 1 heterocycles. The summed E-state index contributed by atoms with van der Waals surface area (Å²) in [5, 5.41) is 62.8. The van der Waals surface area contributed by atoms with Gasteiger partial charge in [0.15, 0.2) is 0 Å². The van der Waals surface area contributed by atoms with Crippen LogP contribution >= 0.6 is 0 Å². The van der Waals surface area contributed by atoms with E-state index in [0.717, 1.165) is 11.8 Å². The van der Waals surface area contributed by atoms with E-state index in [4.69, 9.17) is 5.73 Å². The Morgan fingerprint density at radius 1 is 0.646 bits per heavy atom. The smallest absolute Gasteiger partial charge is 0.326 e. The number of carbonyl (C=O) groups excluding carboxylic acids is 7. The molecule has 2 aromatic carbocycles. The first kappa shape index (κ1) is 52.4. The SMILES string of the molecule is C[C@@H](O)[C@H](N)C(=O)N[C@@H](CCC(=O)O)C(=O)N[C@@H](Cc1ccccc1)C(=O)NCC(=O)N[C@H](C(=O)N[C@@H](Cc1ccccc1)C(=O)N[C@@H](CC(=O)O)C(=O)N1CCC[C@H]1C(=O)O)[C@@H](C)O. The molecule has 0 spiro atoms. The number of benzene rings is 2. The third-order valence-electron chi connectivity index (χ3n) is 10.3. The van der Waals surface area contributed by atoms with Crippen molar-refractivity contribution in [1.29, 1.82) is 0 Å². The third kappa shape index (κ3) is 16.9. The molecule has 1 fully saturated rings. The van der Waals surface area contributed by atoms with E-state index >= 15 is 0 Å². The van der Waals surface area contributed by atoms with Gasteiger partial charge in [0.2, 0.25) is 41.4 Å². The lowest BCUT2D eigenvalue weighted by molar-refractivity contribution is -0.150. The summed E-state index contributed by atoms with van der Waals surface area (Å²) in [6.07, 6.45) is -4.82. The molecule has 3 rings (SSSR count). The first-order valence-corrected chi connectivity index (χ1v) is 20.6. The summed E-state index contributed by atoms with van der Waals surface area (Å²) in [5.74, 6) is -11.1. The Morgan fingerprint density at radius 3 is 1.66 bits per heavy atom. The second-order valence-corrected chi connectivity index (χ2v) is 15.5. The average molecular weight is 913 g/mol. The summed E-state index contributed by atoms with van der Waals surface area (Å²) in [6.45, 7) is 1.54. The van der Waals surface area contributed by atoms with Gasteiger partial charge in [-0.05, 0) is 44.2 Å². The minimum atomic E-state index is -1.77. The lowest BCUT2D eigenvalue weighted by atomic mass is 10.0. The Labute approximate surface area is 372 Å². The molecule has 2 aromatic rings. The first-order valence-electron chi connectivity index (χ1n) is 20.6. The van der Waals surface area contributed by atoms with Crippen LogP contribution in [0.1, 0.15) is 57.1 Å². The van der Waals surface area contributed by atoms with Gasteiger partial charge in [0, 0.05) is 25.8 Å². The molecule has 354 valence electrons. The highest BCUT2D eigenvalue weighted by Gasteiger charge is 2.40. The summed E-state index contributed by atoms with van der Waals surface area (Å²) >= 11 is 0. The summed E-state index contributed by atoms with van der Waals surface area (Å²) in [7, 11) is 0. The molecule has 1 aliphatic rings. The van der Waals surface area contributed by atoms with Crippen molar-refractivity contribution in [3.8, 4) is 0 Å². The Hall–Kier alpha value is -6.98. The number of aliphatic hydroxyl groups is 2. The zero-order valence-corrected chi connectivity index (χ0v) is 35.7. The number of likely N-dealkylation sites (tertiary alicyclic amines) is 1. The summed E-state index contributed by atoms with van der Waals surface area (Å²) in [6, 6.07) is 5.72. The number of aliphatic carboxylic acids is 3. The molecule has 1 aliphatic heterocycles. The van der Waals surface area contributed by atoms with Crippen LogP contribution in [0.4, 0.5) is 0 Å². The summed E-state index contributed by atoms with van der Waals surface area (Å²) < 4.78 is 0. The molecule has 0 saturated carbocycles. The Morgan fingerprint density at radius 2 is 1.15 bits per heavy atom. The monoisotopic (exact) mass is 912 g/mol. The lowest BCUT2D eigenvalue weighted by Gasteiger charge is -2.29. The maximum absolute atomic E-state index is 13.8. The lowest BCUT2D eigenvalue weighted by Crippen LogP contribution is -2.61. The molecule has 1 saturated heterocycles. The minimum Gasteiger partial charge on any atom is -0.481 e. The van der Waals surface area contributed by atoms with Crippen LogP contribution in [0, 0.1) is 0 Å². The molecular formula is C42H56N8O15. The van der Waals surface area contributed by atoms with Gasteiger partial charge in [0.1, 0.15) is 42.3 Å². The van der Waals surface area contributed by atoms with E-state index in [2.05, 4.69) is 31.9 Å². The zero-order valence-electron chi connectivity index (χ0n) is 35.7. The fourth-order valence-electron chi connectivity index (χ4n) is 6.73. The molecule has 0 bridgehead atoms. The van der Waals surface area contributed by atoms with Gasteiger partial charge < -0.3 is 68.1 Å². The van der Waals surface area contributed by atoms with Gasteiger partial charge in [-0.25, -0.2) is 4.79 Å². The Kier molecular flexibility index (Phi) is 20.4. The van der Waals surface area contributed by atoms with Crippen LogP contribution in [0.2, 0.25) is 0 Å². The van der Waals surface area contributed by atoms with E-state index in [1.807, 2.05) is 0 Å². The van der Waals surface area contributed by atoms with Crippen LogP contribution in [0.3, 0.4) is 0 Å². The van der Waals surface area contributed by atoms with Crippen molar-refractivity contribution in [3.63, 3.8) is 0 Å². The first-order chi connectivity index (χ1) is 30.7. The number of aliphatic hydroxyl groups excluding tert-OH is 2. The molecule has 23 heteroatoms. The maximum Gasteiger partial charge on any atom is 0.326 e. The van der Waals surface area contributed by atoms with E-state index in [1.165, 1.54) is 6.92 Å². The fourth-order valence-corrected chi connectivity index (χ4v) is 6.73. The summed E-state index contributed by atoms with van der Waals surface area (Å²) in [4.78, 5) is 130. The number of rotatable bonds is 25. The molecule has 13 N–H and O–H groups in total. The number of nitrogens with two attached hydrogens (primary N) is 1. The van der Waals surface area contributed by atoms with Crippen molar-refractivity contribution in [1.82, 2.24) is 36.8 Å². The second-order valence-electron chi connectivity index (χ2n) is 15.5. The van der Waals surface area contributed by atoms with E-state index in [1.54, 1.807) is 60.7 Å². The average Bonchev–Trinajstić information content (AvgIpc) is 3.76. The second kappa shape index (κ2) is 25.3. The van der Waals surface area contributed by atoms with E-state index in [9.17, 15) is 73.5 Å². The van der Waals surface area contributed by atoms with Gasteiger partial charge in [-0.15, -0.1) is 0 Å². The normalized spacial score (nSPS) is 17.0. The number of nitrogens with one attached hydrogen (secondary N) is 6. The topological polar surface area (TPSA) is 373 Å². The van der Waals surface area contributed by atoms with Gasteiger partial charge in [-0.2, -0.15) is 0 Å². The number of hydrogen-bond acceptors (Lipinski definition) is 13. The predicted octanol–water partition coefficient (Wildman–Crippen LogP) is -3.48. The number of carboxylic acid groups (broad SMARTS) is 3. The third-order valence-corrected chi connectivity index (χ3v) is 10.3. The van der Waals surface area contributed by atoms with Crippen molar-refractivity contribution in [2.75, 3.05) is 13.1 Å². The highest BCUT2D eigenvalue weighted by Crippen LogP contribution is 2.19. The largest absolute Gasteiger partial charge is 0.481 e. The van der Waals surface area contributed by atoms with Gasteiger partial charge >= 0.3 is 17.9 Å². The van der Waals surface area contributed by atoms with Crippen LogP contribution in [-0.2, 0) is 60.8 Å². The molecule has 65 heavy (non-hydrogen) atoms. The molecule has 0 aliphatic carbocycles. The molecule has 0 radical (unpaired) electrons. The maximum atomic E-state index is 13.8. The number of hydrogen-bond donors (Lipinski definition) is 12. The Bertz CT molecular complexity index is 2020. The molecule has 0 unspecified atom stereocenters. The van der Waals surface area contributed by atoms with Gasteiger partial charge in [0.05, 0.1) is 25.2 Å². The van der Waals surface area contributed by atoms with Crippen LogP contribution < -0.4 is 37.6 Å². The van der Waals surface area contributed by atoms with Crippen molar-refractivity contribution in [2.24, 2.45) is 5.73 Å². The number of amides is 7. The van der Waals surface area contributed by atoms with Crippen molar-refractivity contribution in [2.45, 2.75) is 113 Å². The number of nitrogens with zero attached hydrogens (tertiary/aromatic N) is 1. The zero-order chi connectivity index (χ0) is 48.4. The number of carbonyl (C=O) groups is 10. The van der Waals surface area contributed by atoms with Crippen molar-refractivity contribution >= 4 is 59.3 Å². The molecular weight excluding hydrogens is 857 g/mol. The quantitative estimate of drug-likeness (QED) is 0.0460. The minimum absolute atomic E-state index is 0.000365. The van der Waals surface area contributed by atoms with E-state index < -0.39 is 140 Å². The van der Waals surface area contributed by atoms with Gasteiger partial charge in [-0.1, -0.05) is 60.7 Å². The van der Waals surface area contributed by atoms with E-state index in [-0.39, 0.29) is 25.8 Å². The molecule has 9 atom stereocenters. The van der Waals surface area contributed by atoms with Crippen LogP contribution in [0.5, 0.6) is 0 Å². The molecule has 0 aromatic heterocycles. The van der Waals surface area contributed by atoms with E-state index in [0.29, 0.717) is 17.5 Å². The highest BCUT2D eigenvalue weighted by atomic mass is 16.4. The van der Waals surface area contributed by atoms with Gasteiger partial charge in [0.25, 0.3) is 0 Å². The fraction of sp³-hybridized carbons (Fsp3) is 0.476. The van der Waals surface area contributed by atoms with Crippen molar-refractivity contribution < 1.29 is 73.5 Å². The standard InChI is InChI=1S/C42H56N8O15/c1-22(51)34(43)39(61)45-26(15-16-32(54)55)37(59)46-27(18-24-10-5-3-6-11-24)36(58)44-21-31(53)49-35(23(2)52)40(62)47-28(19-25-12-7-4-8-13-25)38(60)48-29(20-33(56)57)41(63)50-17-9-14-30(50)42(64)65/h3-8,10-13,22-23,26-30,34-35,51-52H,9,14-21,43H2,1-2H3,(H,44,58)(H,45,61)(H,46,59)(H,47,62)(H,48,60)(H,49,53)(H,54,55)(H,56,57)(H,64,65)/t22-,23-,26+,27+,28+,29+,30+,34+,35+/m1/s1. The predicted molar refractivity (Wildman–Crippen MR) is 226 cm³/mol. The van der Waals surface area contributed by atoms with Crippen LogP contribution in [0.25, 0.3) is 0 Å². The van der Waals surface area contributed by atoms with Crippen molar-refractivity contribution in [3.05, 3.63) is 71.8 Å². The summed E-state index contributed by atoms with van der Waals surface area (Å²) in [5.41, 5.74) is 6.72. The van der Waals surface area contributed by atoms with Crippen LogP contribution in [0.15, 0.2) is 60.7 Å². The molecule has 23 nitrogen and oxygen atoms in total. The van der Waals surface area contributed by atoms with Crippen LogP contribution in [-0.4, -0.2) is 157 Å². The highest BCUT2D eigenvalue weighted by molar-refractivity contribution is 5.98. The number of carboxylic acids is 3. The Balaban J connectivity index is 1.78.